The van der Waals surface area contributed by atoms with Crippen LogP contribution < -0.4 is 5.32 Å². The van der Waals surface area contributed by atoms with Crippen LogP contribution in [0.2, 0.25) is 0 Å². The summed E-state index contributed by atoms with van der Waals surface area (Å²) in [5.41, 5.74) is 0. The lowest BCUT2D eigenvalue weighted by Crippen LogP contribution is -2.52. The van der Waals surface area contributed by atoms with Crippen molar-refractivity contribution in [2.75, 3.05) is 182 Å². The number of rotatable bonds is 11. The number of morpholine rings is 1. The molecule has 0 radical (unpaired) electrons. The molecule has 14 rings (SSSR count). The minimum atomic E-state index is 0.689. The third kappa shape index (κ3) is 75.4. The fraction of sp³-hybridized carbons (Fsp3) is 1.00. The monoisotopic (exact) mass is 1860 g/mol. The first-order valence-electron chi connectivity index (χ1n) is 58.0. The second-order valence-electron chi connectivity index (χ2n) is 38.0. The van der Waals surface area contributed by atoms with Gasteiger partial charge in [-0.2, -0.15) is 11.8 Å². The number of hydrogen-bond donors (Lipinski definition) is 1. The summed E-state index contributed by atoms with van der Waals surface area (Å²) in [6.07, 6.45) is 37.7. The maximum Gasteiger partial charge on any atom is 0.0594 e. The smallest absolute Gasteiger partial charge is 0.0594 e. The highest BCUT2D eigenvalue weighted by atomic mass is 32.2. The summed E-state index contributed by atoms with van der Waals surface area (Å²) in [7, 11) is 0. The molecule has 0 aromatic heterocycles. The summed E-state index contributed by atoms with van der Waals surface area (Å²) in [6, 6.07) is 11.1. The molecule has 129 heavy (non-hydrogen) atoms. The molecule has 14 aliphatic rings. The van der Waals surface area contributed by atoms with Gasteiger partial charge in [-0.3, -0.25) is 34.3 Å². The van der Waals surface area contributed by atoms with Crippen molar-refractivity contribution in [3.05, 3.63) is 0 Å². The number of piperidine rings is 1. The molecule has 15 heteroatoms. The molecule has 5 atom stereocenters. The molecule has 0 spiro atoms. The molecule has 790 valence electrons. The number of ether oxygens (including phenoxy) is 1. The first-order valence-corrected chi connectivity index (χ1v) is 59.2. The maximum absolute atomic E-state index is 5.21. The minimum Gasteiger partial charge on any atom is -0.379 e. The largest absolute Gasteiger partial charge is 0.379 e. The molecule has 1 N–H and O–H groups in total. The summed E-state index contributed by atoms with van der Waals surface area (Å²) in [5, 5.41) is 3.33. The van der Waals surface area contributed by atoms with E-state index in [0.29, 0.717) is 6.04 Å². The first-order chi connectivity index (χ1) is 62.2. The van der Waals surface area contributed by atoms with Gasteiger partial charge in [-0.1, -0.05) is 210 Å². The number of piperazine rings is 2. The standard InChI is InChI=1S/C11H21N.C10H20N2.C10H19N.C10H21N.C9H19N.C8H17N.C7H16N2.C7H15NO.C7H15NS.C7H15N.C6H13N.11C2H6/c1-9(2)12-8-10-5-3-4-6-11(12)7-10;1-9(2)12-7-6-11-5-3-4-10(11)8-12;1-8(2)11-7-9-4-3-5-10(11)6-9;1-10(2)11-8-6-4-3-5-7-9-11;1-9(2)10-7-5-3-4-6-8-10;1-8(2)9-6-4-3-5-7-9;1-7(2)9-5-3-8-4-6-9;2*1-7(2)8-3-5-9-6-4-8;1-7(2)8-5-3-4-6-8;1-6(2)7-4-3-5-7;11*1-2/h9-11H,3-8H2,1-2H3;9-10H,3-8H2,1-2H3;8-10H,3-7H2,1-2H3;10H,3-9H2,1-2H3;9H,3-8H2,1-2H3;8H,3-7H2,1-2H3;7-8H,3-6H2,1-2H3;2*7H,3-6H2,1-2H3;7H,3-6H2,1-2H3;6H,3-5H2,1-2H3;11*1-2H3. The van der Waals surface area contributed by atoms with Crippen LogP contribution in [-0.2, 0) is 4.74 Å². The lowest BCUT2D eigenvalue weighted by atomic mass is 9.90. The van der Waals surface area contributed by atoms with Crippen molar-refractivity contribution < 1.29 is 4.74 Å². The predicted molar refractivity (Wildman–Crippen MR) is 600 cm³/mol. The zero-order chi connectivity index (χ0) is 100. The van der Waals surface area contributed by atoms with E-state index in [1.165, 1.54) is 309 Å². The summed E-state index contributed by atoms with van der Waals surface area (Å²) in [6.45, 7) is 127. The molecule has 14 fully saturated rings. The van der Waals surface area contributed by atoms with Crippen molar-refractivity contribution in [2.45, 2.75) is 556 Å². The van der Waals surface area contributed by atoms with Crippen molar-refractivity contribution in [1.29, 1.82) is 0 Å². The van der Waals surface area contributed by atoms with E-state index in [9.17, 15) is 0 Å². The summed E-state index contributed by atoms with van der Waals surface area (Å²) >= 11 is 2.07. The van der Waals surface area contributed by atoms with Crippen molar-refractivity contribution >= 4 is 11.8 Å². The lowest BCUT2D eigenvalue weighted by molar-refractivity contribution is 0.0238. The number of hydrogen-bond acceptors (Lipinski definition) is 15. The Labute approximate surface area is 825 Å². The van der Waals surface area contributed by atoms with E-state index >= 15 is 0 Å². The molecule has 5 unspecified atom stereocenters. The van der Waals surface area contributed by atoms with Gasteiger partial charge in [0.25, 0.3) is 0 Å². The van der Waals surface area contributed by atoms with Crippen molar-refractivity contribution in [3.8, 4) is 0 Å². The highest BCUT2D eigenvalue weighted by Crippen LogP contribution is 2.37. The van der Waals surface area contributed by atoms with Crippen LogP contribution in [0.3, 0.4) is 0 Å². The molecule has 2 aliphatic carbocycles. The SMILES string of the molecule is CC.CC.CC.CC.CC.CC.CC.CC.CC.CC.CC.CC(C)N1CC2CCCC1C2.CC(C)N1CC2CCCCC1C2.CC(C)N1CCC1.CC(C)N1CCCC1.CC(C)N1CCCCC1.CC(C)N1CCCCCC1.CC(C)N1CCCCCCC1.CC(C)N1CCN2CCCC2C1.CC(C)N1CCNCC1.CC(C)N1CCOCC1.CC(C)N1CCSCC1. The van der Waals surface area contributed by atoms with Gasteiger partial charge in [0.05, 0.1) is 13.2 Å². The molecule has 4 bridgehead atoms. The topological polar surface area (TPSA) is 60.1 Å². The van der Waals surface area contributed by atoms with Gasteiger partial charge in [0.2, 0.25) is 0 Å². The van der Waals surface area contributed by atoms with Crippen LogP contribution in [0.1, 0.15) is 472 Å². The number of fused-ring (bicyclic) bond motifs is 5. The Bertz CT molecular complexity index is 1930. The van der Waals surface area contributed by atoms with E-state index in [1.807, 2.05) is 152 Å². The van der Waals surface area contributed by atoms with Crippen LogP contribution in [0.25, 0.3) is 0 Å². The highest BCUT2D eigenvalue weighted by Gasteiger charge is 2.37. The van der Waals surface area contributed by atoms with E-state index in [4.69, 9.17) is 4.74 Å². The molecule has 0 amide bonds. The second kappa shape index (κ2) is 104. The third-order valence-electron chi connectivity index (χ3n) is 26.4. The summed E-state index contributed by atoms with van der Waals surface area (Å²) in [4.78, 5) is 30.9. The fourth-order valence-corrected chi connectivity index (χ4v) is 19.5. The van der Waals surface area contributed by atoms with Crippen LogP contribution >= 0.6 is 11.8 Å². The average Bonchev–Trinajstić information content (AvgIpc) is 1.69. The van der Waals surface area contributed by atoms with E-state index in [-0.39, 0.29) is 0 Å². The van der Waals surface area contributed by atoms with Crippen LogP contribution in [0.15, 0.2) is 0 Å². The van der Waals surface area contributed by atoms with Crippen molar-refractivity contribution in [2.24, 2.45) is 11.8 Å². The van der Waals surface area contributed by atoms with E-state index in [0.717, 1.165) is 130 Å². The number of nitrogens with one attached hydrogen (secondary N) is 1. The Morgan fingerprint density at radius 3 is 0.752 bits per heavy atom. The van der Waals surface area contributed by atoms with E-state index in [2.05, 4.69) is 228 Å². The molecule has 0 aromatic carbocycles. The maximum atomic E-state index is 5.21. The third-order valence-corrected chi connectivity index (χ3v) is 27.3. The van der Waals surface area contributed by atoms with Crippen LogP contribution in [0, 0.1) is 11.8 Å². The van der Waals surface area contributed by atoms with Crippen LogP contribution in [-0.4, -0.2) is 325 Å². The zero-order valence-corrected chi connectivity index (χ0v) is 98.9. The van der Waals surface area contributed by atoms with Crippen molar-refractivity contribution in [3.63, 3.8) is 0 Å². The van der Waals surface area contributed by atoms with Gasteiger partial charge in [-0.15, -0.1) is 0 Å². The zero-order valence-electron chi connectivity index (χ0n) is 98.1. The molecular formula is C114H257N13OS. The molecule has 0 aromatic rings. The van der Waals surface area contributed by atoms with Gasteiger partial charge < -0.3 is 34.6 Å². The first kappa shape index (κ1) is 144. The molecule has 12 heterocycles. The van der Waals surface area contributed by atoms with Gasteiger partial charge >= 0.3 is 0 Å². The number of thioether (sulfide) groups is 1. The molecule has 14 nitrogen and oxygen atoms in total. The van der Waals surface area contributed by atoms with Gasteiger partial charge in [0, 0.05) is 181 Å². The average molecular weight is 1860 g/mol. The normalized spacial score (nSPS) is 23.1. The second-order valence-corrected chi connectivity index (χ2v) is 39.3. The fourth-order valence-electron chi connectivity index (χ4n) is 18.6. The molecular weight excluding hydrogens is 1600 g/mol. The van der Waals surface area contributed by atoms with Crippen LogP contribution in [0.5, 0.6) is 0 Å². The number of likely N-dealkylation sites (tertiary alicyclic amines) is 7. The Morgan fingerprint density at radius 1 is 0.209 bits per heavy atom. The van der Waals surface area contributed by atoms with Crippen molar-refractivity contribution in [1.82, 2.24) is 64.1 Å². The summed E-state index contributed by atoms with van der Waals surface area (Å²) < 4.78 is 5.21. The quantitative estimate of drug-likeness (QED) is 0.213. The van der Waals surface area contributed by atoms with E-state index in [1.54, 1.807) is 0 Å². The minimum absolute atomic E-state index is 0.689. The Morgan fingerprint density at radius 2 is 0.465 bits per heavy atom. The van der Waals surface area contributed by atoms with Gasteiger partial charge in [-0.05, 0) is 345 Å². The molecule has 12 saturated heterocycles. The Hall–Kier alpha value is -0.210. The number of nitrogens with zero attached hydrogens (tertiary/aromatic N) is 12. The van der Waals surface area contributed by atoms with Gasteiger partial charge in [0.15, 0.2) is 0 Å². The summed E-state index contributed by atoms with van der Waals surface area (Å²) in [5.74, 6) is 4.76. The van der Waals surface area contributed by atoms with Gasteiger partial charge in [0.1, 0.15) is 0 Å². The van der Waals surface area contributed by atoms with Crippen LogP contribution in [0.4, 0.5) is 0 Å². The Kier molecular flexibility index (Phi) is 116. The predicted octanol–water partition coefficient (Wildman–Crippen LogP) is 29.3. The van der Waals surface area contributed by atoms with E-state index < -0.39 is 0 Å². The Balaban J connectivity index is -0.000000204. The van der Waals surface area contributed by atoms with Gasteiger partial charge in [-0.25, -0.2) is 0 Å². The lowest BCUT2D eigenvalue weighted by Gasteiger charge is -2.39. The molecule has 2 saturated carbocycles. The highest BCUT2D eigenvalue weighted by molar-refractivity contribution is 7.99. The molecule has 12 aliphatic heterocycles.